The molecule has 1 aliphatic carbocycles. The molecular weight excluding hydrogens is 309 g/mol. The summed E-state index contributed by atoms with van der Waals surface area (Å²) in [6.07, 6.45) is 4.57. The van der Waals surface area contributed by atoms with Crippen LogP contribution >= 0.6 is 34.8 Å². The number of halogens is 3. The van der Waals surface area contributed by atoms with E-state index >= 15 is 0 Å². The maximum atomic E-state index is 11.3. The van der Waals surface area contributed by atoms with Crippen LogP contribution in [0, 0.1) is 5.92 Å². The summed E-state index contributed by atoms with van der Waals surface area (Å²) in [5.74, 6) is -1.35. The molecule has 0 aromatic heterocycles. The van der Waals surface area contributed by atoms with Gasteiger partial charge in [0.25, 0.3) is 0 Å². The Morgan fingerprint density at radius 2 is 2.05 bits per heavy atom. The van der Waals surface area contributed by atoms with Gasteiger partial charge >= 0.3 is 0 Å². The largest absolute Gasteiger partial charge is 0.548 e. The van der Waals surface area contributed by atoms with Gasteiger partial charge in [0, 0.05) is 11.5 Å². The summed E-state index contributed by atoms with van der Waals surface area (Å²) >= 11 is 18.4. The molecular formula is C13H9Cl3NO2-. The maximum absolute atomic E-state index is 11.3. The Balaban J connectivity index is 2.21. The zero-order valence-electron chi connectivity index (χ0n) is 9.62. The molecule has 3 nitrogen and oxygen atoms in total. The second-order valence-corrected chi connectivity index (χ2v) is 5.93. The van der Waals surface area contributed by atoms with Crippen molar-refractivity contribution in [1.29, 1.82) is 0 Å². The van der Waals surface area contributed by atoms with Crippen molar-refractivity contribution in [3.63, 3.8) is 0 Å². The highest BCUT2D eigenvalue weighted by Crippen LogP contribution is 2.51. The molecule has 1 aliphatic heterocycles. The number of carboxylic acid groups (broad SMARTS) is 1. The minimum Gasteiger partial charge on any atom is -0.548 e. The number of aliphatic carboxylic acids is 1. The number of anilines is 1. The van der Waals surface area contributed by atoms with Crippen LogP contribution in [0.5, 0.6) is 0 Å². The van der Waals surface area contributed by atoms with Crippen LogP contribution in [-0.4, -0.2) is 12.0 Å². The number of hydrogen-bond donors (Lipinski definition) is 1. The van der Waals surface area contributed by atoms with E-state index in [1.54, 1.807) is 0 Å². The van der Waals surface area contributed by atoms with Crippen molar-refractivity contribution in [2.45, 2.75) is 18.4 Å². The molecule has 0 amide bonds. The first kappa shape index (κ1) is 13.1. The lowest BCUT2D eigenvalue weighted by Gasteiger charge is -2.38. The SMILES string of the molecule is O=C([O-])[C@@H]1Nc2c(Cl)cc(Cl)c(Cl)c2[C@H]2C=CC[C@@H]21. The number of rotatable bonds is 1. The smallest absolute Gasteiger partial charge is 0.0699 e. The van der Waals surface area contributed by atoms with Crippen molar-refractivity contribution >= 4 is 46.5 Å². The van der Waals surface area contributed by atoms with Gasteiger partial charge in [-0.3, -0.25) is 0 Å². The van der Waals surface area contributed by atoms with Gasteiger partial charge < -0.3 is 15.2 Å². The van der Waals surface area contributed by atoms with Gasteiger partial charge in [-0.2, -0.15) is 0 Å². The van der Waals surface area contributed by atoms with E-state index in [0.717, 1.165) is 5.56 Å². The molecule has 3 rings (SSSR count). The van der Waals surface area contributed by atoms with Crippen LogP contribution < -0.4 is 10.4 Å². The van der Waals surface area contributed by atoms with Crippen LogP contribution in [0.3, 0.4) is 0 Å². The fraction of sp³-hybridized carbons (Fsp3) is 0.308. The number of benzene rings is 1. The summed E-state index contributed by atoms with van der Waals surface area (Å²) in [5.41, 5.74) is 1.31. The average molecular weight is 318 g/mol. The monoisotopic (exact) mass is 316 g/mol. The molecule has 0 spiro atoms. The van der Waals surface area contributed by atoms with Crippen LogP contribution in [0.2, 0.25) is 15.1 Å². The van der Waals surface area contributed by atoms with Crippen LogP contribution in [-0.2, 0) is 4.79 Å². The standard InChI is InChI=1S/C13H10Cl3NO2/c14-7-4-8(15)12-9(10(7)16)5-2-1-3-6(5)11(17-12)13(18)19/h1-2,4-6,11,17H,3H2,(H,18,19)/p-1/t5-,6-,11+/m0/s1. The number of fused-ring (bicyclic) bond motifs is 3. The quantitative estimate of drug-likeness (QED) is 0.640. The topological polar surface area (TPSA) is 52.2 Å². The van der Waals surface area contributed by atoms with E-state index in [9.17, 15) is 9.90 Å². The molecule has 1 N–H and O–H groups in total. The summed E-state index contributed by atoms with van der Waals surface area (Å²) in [6, 6.07) is 0.741. The Bertz CT molecular complexity index is 600. The minimum absolute atomic E-state index is 0.0946. The van der Waals surface area contributed by atoms with Crippen molar-refractivity contribution in [3.8, 4) is 0 Å². The normalized spacial score (nSPS) is 27.6. The predicted octanol–water partition coefficient (Wildman–Crippen LogP) is 2.85. The first-order valence-electron chi connectivity index (χ1n) is 5.82. The average Bonchev–Trinajstić information content (AvgIpc) is 2.82. The number of nitrogens with one attached hydrogen (secondary N) is 1. The van der Waals surface area contributed by atoms with Crippen LogP contribution in [0.15, 0.2) is 18.2 Å². The fourth-order valence-electron chi connectivity index (χ4n) is 2.90. The van der Waals surface area contributed by atoms with Crippen molar-refractivity contribution < 1.29 is 9.90 Å². The molecule has 1 heterocycles. The Morgan fingerprint density at radius 1 is 1.32 bits per heavy atom. The highest BCUT2D eigenvalue weighted by Gasteiger charge is 2.40. The van der Waals surface area contributed by atoms with Gasteiger partial charge in [0.05, 0.1) is 32.8 Å². The summed E-state index contributed by atoms with van der Waals surface area (Å²) in [7, 11) is 0. The Kier molecular flexibility index (Phi) is 3.16. The van der Waals surface area contributed by atoms with E-state index in [4.69, 9.17) is 34.8 Å². The van der Waals surface area contributed by atoms with Gasteiger partial charge in [-0.1, -0.05) is 47.0 Å². The zero-order chi connectivity index (χ0) is 13.7. The number of allylic oxidation sites excluding steroid dienone is 2. The molecule has 100 valence electrons. The van der Waals surface area contributed by atoms with Crippen molar-refractivity contribution in [3.05, 3.63) is 38.8 Å². The second-order valence-electron chi connectivity index (χ2n) is 4.74. The van der Waals surface area contributed by atoms with E-state index in [-0.39, 0.29) is 11.8 Å². The van der Waals surface area contributed by atoms with E-state index < -0.39 is 12.0 Å². The summed E-state index contributed by atoms with van der Waals surface area (Å²) in [6.45, 7) is 0. The number of carboxylic acids is 1. The van der Waals surface area contributed by atoms with E-state index in [1.807, 2.05) is 12.2 Å². The van der Waals surface area contributed by atoms with Gasteiger partial charge in [-0.05, 0) is 18.4 Å². The molecule has 0 bridgehead atoms. The van der Waals surface area contributed by atoms with Crippen molar-refractivity contribution in [2.75, 3.05) is 5.32 Å². The Labute approximate surface area is 125 Å². The summed E-state index contributed by atoms with van der Waals surface area (Å²) in [5, 5.41) is 15.4. The highest BCUT2D eigenvalue weighted by molar-refractivity contribution is 6.44. The molecule has 0 fully saturated rings. The van der Waals surface area contributed by atoms with Crippen LogP contribution in [0.4, 0.5) is 5.69 Å². The molecule has 3 atom stereocenters. The van der Waals surface area contributed by atoms with Gasteiger partial charge in [0.2, 0.25) is 0 Å². The lowest BCUT2D eigenvalue weighted by molar-refractivity contribution is -0.308. The molecule has 19 heavy (non-hydrogen) atoms. The van der Waals surface area contributed by atoms with Crippen molar-refractivity contribution in [2.24, 2.45) is 5.92 Å². The second kappa shape index (κ2) is 4.58. The lowest BCUT2D eigenvalue weighted by atomic mass is 9.79. The molecule has 1 aromatic carbocycles. The van der Waals surface area contributed by atoms with Crippen molar-refractivity contribution in [1.82, 2.24) is 0 Å². The van der Waals surface area contributed by atoms with Gasteiger partial charge in [0.15, 0.2) is 0 Å². The number of hydrogen-bond acceptors (Lipinski definition) is 3. The molecule has 0 unspecified atom stereocenters. The first-order chi connectivity index (χ1) is 9.00. The Morgan fingerprint density at radius 3 is 2.74 bits per heavy atom. The van der Waals surface area contributed by atoms with E-state index in [2.05, 4.69) is 5.32 Å². The minimum atomic E-state index is -1.13. The fourth-order valence-corrected chi connectivity index (χ4v) is 3.70. The van der Waals surface area contributed by atoms with Gasteiger partial charge in [-0.25, -0.2) is 0 Å². The maximum Gasteiger partial charge on any atom is 0.0699 e. The van der Waals surface area contributed by atoms with Crippen LogP contribution in [0.1, 0.15) is 17.9 Å². The van der Waals surface area contributed by atoms with Crippen LogP contribution in [0.25, 0.3) is 0 Å². The van der Waals surface area contributed by atoms with Gasteiger partial charge in [0.1, 0.15) is 0 Å². The predicted molar refractivity (Wildman–Crippen MR) is 73.9 cm³/mol. The summed E-state index contributed by atoms with van der Waals surface area (Å²) < 4.78 is 0. The molecule has 0 radical (unpaired) electrons. The number of carbonyl (C=O) groups excluding carboxylic acids is 1. The first-order valence-corrected chi connectivity index (χ1v) is 6.95. The van der Waals surface area contributed by atoms with E-state index in [1.165, 1.54) is 6.07 Å². The third-order valence-electron chi connectivity index (χ3n) is 3.74. The summed E-state index contributed by atoms with van der Waals surface area (Å²) in [4.78, 5) is 11.3. The van der Waals surface area contributed by atoms with Gasteiger partial charge in [-0.15, -0.1) is 0 Å². The zero-order valence-corrected chi connectivity index (χ0v) is 11.9. The molecule has 1 aromatic rings. The highest BCUT2D eigenvalue weighted by atomic mass is 35.5. The molecule has 0 saturated heterocycles. The molecule has 0 saturated carbocycles. The van der Waals surface area contributed by atoms with E-state index in [0.29, 0.717) is 27.2 Å². The Hall–Kier alpha value is -0.900. The third kappa shape index (κ3) is 1.92. The number of carbonyl (C=O) groups is 1. The molecule has 6 heteroatoms. The third-order valence-corrected chi connectivity index (χ3v) is 4.84. The molecule has 2 aliphatic rings. The lowest BCUT2D eigenvalue weighted by Crippen LogP contribution is -2.49.